The predicted octanol–water partition coefficient (Wildman–Crippen LogP) is 2.75. The molecule has 1 aromatic rings. The molecule has 1 atom stereocenters. The minimum Gasteiger partial charge on any atom is -0.375 e. The van der Waals surface area contributed by atoms with E-state index in [9.17, 15) is 9.18 Å². The molecule has 1 aliphatic heterocycles. The van der Waals surface area contributed by atoms with Gasteiger partial charge in [-0.3, -0.25) is 9.78 Å². The van der Waals surface area contributed by atoms with Crippen LogP contribution in [0.1, 0.15) is 42.6 Å². The van der Waals surface area contributed by atoms with Gasteiger partial charge in [0.2, 0.25) is 0 Å². The molecule has 0 radical (unpaired) electrons. The molecule has 0 bridgehead atoms. The number of ether oxygens (including phenoxy) is 1. The maximum Gasteiger partial charge on any atom is 0.184 e. The van der Waals surface area contributed by atoms with Gasteiger partial charge < -0.3 is 4.74 Å². The lowest BCUT2D eigenvalue weighted by Crippen LogP contribution is -2.47. The topological polar surface area (TPSA) is 39.2 Å². The number of hydrogen-bond acceptors (Lipinski definition) is 3. The smallest absolute Gasteiger partial charge is 0.184 e. The molecule has 4 heteroatoms. The number of carbonyl (C=O) groups is 1. The van der Waals surface area contributed by atoms with E-state index in [-0.39, 0.29) is 17.3 Å². The fourth-order valence-electron chi connectivity index (χ4n) is 2.90. The van der Waals surface area contributed by atoms with Crippen LogP contribution in [0, 0.1) is 11.7 Å². The standard InChI is InChI=1S/C14H16FNO2/c15-11-2-3-12(16-9-11)13(17)10-4-7-18-14(8-10)5-1-6-14/h2-3,9-10H,1,4-8H2. The summed E-state index contributed by atoms with van der Waals surface area (Å²) < 4.78 is 18.6. The lowest BCUT2D eigenvalue weighted by Gasteiger charge is -2.46. The zero-order valence-corrected chi connectivity index (χ0v) is 10.2. The second-order valence-electron chi connectivity index (χ2n) is 5.30. The molecule has 1 aliphatic carbocycles. The number of carbonyl (C=O) groups excluding carboxylic acids is 1. The van der Waals surface area contributed by atoms with E-state index in [0.717, 1.165) is 31.9 Å². The second-order valence-corrected chi connectivity index (χ2v) is 5.30. The third-order valence-electron chi connectivity index (χ3n) is 4.11. The third-order valence-corrected chi connectivity index (χ3v) is 4.11. The average molecular weight is 249 g/mol. The lowest BCUT2D eigenvalue weighted by atomic mass is 9.71. The molecule has 0 N–H and O–H groups in total. The summed E-state index contributed by atoms with van der Waals surface area (Å²) in [5.74, 6) is -0.393. The van der Waals surface area contributed by atoms with Crippen molar-refractivity contribution in [3.8, 4) is 0 Å². The number of hydrogen-bond donors (Lipinski definition) is 0. The third kappa shape index (κ3) is 2.05. The number of aromatic nitrogens is 1. The Morgan fingerprint density at radius 3 is 2.89 bits per heavy atom. The van der Waals surface area contributed by atoms with E-state index in [2.05, 4.69) is 4.98 Å². The summed E-state index contributed by atoms with van der Waals surface area (Å²) in [6, 6.07) is 2.76. The van der Waals surface area contributed by atoms with E-state index in [1.807, 2.05) is 0 Å². The summed E-state index contributed by atoms with van der Waals surface area (Å²) in [5, 5.41) is 0. The predicted molar refractivity (Wildman–Crippen MR) is 63.8 cm³/mol. The van der Waals surface area contributed by atoms with Crippen LogP contribution in [0.5, 0.6) is 0 Å². The van der Waals surface area contributed by atoms with Crippen molar-refractivity contribution in [1.29, 1.82) is 0 Å². The largest absolute Gasteiger partial charge is 0.375 e. The molecule has 1 saturated heterocycles. The molecule has 2 heterocycles. The summed E-state index contributed by atoms with van der Waals surface area (Å²) in [4.78, 5) is 16.2. The first-order valence-corrected chi connectivity index (χ1v) is 6.48. The van der Waals surface area contributed by atoms with E-state index in [4.69, 9.17) is 4.74 Å². The molecule has 18 heavy (non-hydrogen) atoms. The fourth-order valence-corrected chi connectivity index (χ4v) is 2.90. The number of Topliss-reactive ketones (excluding diaryl/α,β-unsaturated/α-hetero) is 1. The second kappa shape index (κ2) is 4.43. The Bertz CT molecular complexity index is 453. The summed E-state index contributed by atoms with van der Waals surface area (Å²) in [7, 11) is 0. The summed E-state index contributed by atoms with van der Waals surface area (Å²) in [6.45, 7) is 0.650. The Morgan fingerprint density at radius 2 is 2.28 bits per heavy atom. The maximum absolute atomic E-state index is 12.8. The van der Waals surface area contributed by atoms with Gasteiger partial charge in [0.1, 0.15) is 11.5 Å². The number of nitrogens with zero attached hydrogens (tertiary/aromatic N) is 1. The average Bonchev–Trinajstić information content (AvgIpc) is 2.37. The number of halogens is 1. The molecule has 0 amide bonds. The summed E-state index contributed by atoms with van der Waals surface area (Å²) in [5.41, 5.74) is 0.330. The van der Waals surface area contributed by atoms with Gasteiger partial charge in [-0.1, -0.05) is 0 Å². The molecule has 1 spiro atoms. The van der Waals surface area contributed by atoms with Gasteiger partial charge in [0, 0.05) is 12.5 Å². The van der Waals surface area contributed by atoms with Gasteiger partial charge in [0.15, 0.2) is 5.78 Å². The van der Waals surface area contributed by atoms with Crippen molar-refractivity contribution in [3.05, 3.63) is 29.8 Å². The van der Waals surface area contributed by atoms with Crippen LogP contribution in [-0.4, -0.2) is 23.0 Å². The lowest BCUT2D eigenvalue weighted by molar-refractivity contribution is -0.137. The Labute approximate surface area is 105 Å². The van der Waals surface area contributed by atoms with Crippen molar-refractivity contribution >= 4 is 5.78 Å². The van der Waals surface area contributed by atoms with Gasteiger partial charge in [-0.2, -0.15) is 0 Å². The first-order chi connectivity index (χ1) is 8.69. The Balaban J connectivity index is 1.74. The number of rotatable bonds is 2. The highest BCUT2D eigenvalue weighted by atomic mass is 19.1. The monoisotopic (exact) mass is 249 g/mol. The van der Waals surface area contributed by atoms with Crippen molar-refractivity contribution < 1.29 is 13.9 Å². The van der Waals surface area contributed by atoms with Crippen molar-refractivity contribution in [2.24, 2.45) is 5.92 Å². The van der Waals surface area contributed by atoms with E-state index < -0.39 is 5.82 Å². The SMILES string of the molecule is O=C(c1ccc(F)cn1)C1CCOC2(CCC2)C1. The van der Waals surface area contributed by atoms with E-state index in [1.54, 1.807) is 0 Å². The summed E-state index contributed by atoms with van der Waals surface area (Å²) >= 11 is 0. The van der Waals surface area contributed by atoms with Gasteiger partial charge in [0.25, 0.3) is 0 Å². The minimum atomic E-state index is -0.408. The zero-order chi connectivity index (χ0) is 12.6. The molecule has 1 unspecified atom stereocenters. The molecular weight excluding hydrogens is 233 g/mol. The van der Waals surface area contributed by atoms with Gasteiger partial charge in [-0.05, 0) is 44.2 Å². The van der Waals surface area contributed by atoms with Gasteiger partial charge >= 0.3 is 0 Å². The van der Waals surface area contributed by atoms with Crippen LogP contribution in [0.15, 0.2) is 18.3 Å². The van der Waals surface area contributed by atoms with Crippen LogP contribution in [0.2, 0.25) is 0 Å². The van der Waals surface area contributed by atoms with Crippen molar-refractivity contribution in [3.63, 3.8) is 0 Å². The van der Waals surface area contributed by atoms with Crippen LogP contribution in [-0.2, 0) is 4.74 Å². The van der Waals surface area contributed by atoms with Crippen LogP contribution in [0.25, 0.3) is 0 Å². The zero-order valence-electron chi connectivity index (χ0n) is 10.2. The van der Waals surface area contributed by atoms with Crippen LogP contribution in [0.4, 0.5) is 4.39 Å². The van der Waals surface area contributed by atoms with Gasteiger partial charge in [-0.25, -0.2) is 4.39 Å². The van der Waals surface area contributed by atoms with Crippen molar-refractivity contribution in [2.45, 2.75) is 37.7 Å². The number of ketones is 1. The minimum absolute atomic E-state index is 0.0167. The van der Waals surface area contributed by atoms with Gasteiger partial charge in [-0.15, -0.1) is 0 Å². The maximum atomic E-state index is 12.8. The highest BCUT2D eigenvalue weighted by Gasteiger charge is 2.44. The molecule has 1 saturated carbocycles. The molecule has 1 aromatic heterocycles. The first kappa shape index (κ1) is 11.8. The van der Waals surface area contributed by atoms with E-state index in [0.29, 0.717) is 12.3 Å². The molecule has 3 rings (SSSR count). The van der Waals surface area contributed by atoms with Crippen LogP contribution >= 0.6 is 0 Å². The van der Waals surface area contributed by atoms with E-state index >= 15 is 0 Å². The van der Waals surface area contributed by atoms with Crippen molar-refractivity contribution in [1.82, 2.24) is 4.98 Å². The number of pyridine rings is 1. The van der Waals surface area contributed by atoms with E-state index in [1.165, 1.54) is 18.6 Å². The molecule has 96 valence electrons. The normalized spacial score (nSPS) is 25.7. The molecule has 2 aliphatic rings. The Kier molecular flexibility index (Phi) is 2.90. The summed E-state index contributed by atoms with van der Waals surface area (Å²) in [6.07, 6.45) is 5.97. The quantitative estimate of drug-likeness (QED) is 0.756. The fraction of sp³-hybridized carbons (Fsp3) is 0.571. The van der Waals surface area contributed by atoms with Gasteiger partial charge in [0.05, 0.1) is 11.8 Å². The molecule has 3 nitrogen and oxygen atoms in total. The van der Waals surface area contributed by atoms with Crippen LogP contribution in [0.3, 0.4) is 0 Å². The van der Waals surface area contributed by atoms with Crippen molar-refractivity contribution in [2.75, 3.05) is 6.61 Å². The molecule has 0 aromatic carbocycles. The Morgan fingerprint density at radius 1 is 1.44 bits per heavy atom. The first-order valence-electron chi connectivity index (χ1n) is 6.48. The molecular formula is C14H16FNO2. The highest BCUT2D eigenvalue weighted by molar-refractivity contribution is 5.96. The molecule has 2 fully saturated rings. The highest BCUT2D eigenvalue weighted by Crippen LogP contribution is 2.44. The van der Waals surface area contributed by atoms with Crippen LogP contribution < -0.4 is 0 Å². The Hall–Kier alpha value is -1.29.